The number of furan rings is 2. The van der Waals surface area contributed by atoms with Crippen molar-refractivity contribution in [2.24, 2.45) is 0 Å². The average molecular weight is 626 g/mol. The molecule has 0 amide bonds. The normalized spacial score (nSPS) is 11.6. The summed E-state index contributed by atoms with van der Waals surface area (Å²) in [6.07, 6.45) is 0. The second-order valence-corrected chi connectivity index (χ2v) is 12.3. The Labute approximate surface area is 279 Å². The third-order valence-electron chi connectivity index (χ3n) is 9.66. The van der Waals surface area contributed by atoms with Crippen LogP contribution in [0.3, 0.4) is 0 Å². The first-order valence-electron chi connectivity index (χ1n) is 16.0. The molecule has 0 spiro atoms. The lowest BCUT2D eigenvalue weighted by Crippen LogP contribution is -2.00. The Bertz CT molecular complexity index is 3030. The van der Waals surface area contributed by atoms with Gasteiger partial charge in [-0.05, 0) is 83.4 Å². The molecule has 0 N–H and O–H groups in total. The lowest BCUT2D eigenvalue weighted by atomic mass is 9.96. The average Bonchev–Trinajstić information content (AvgIpc) is 3.83. The van der Waals surface area contributed by atoms with Crippen LogP contribution in [0.5, 0.6) is 0 Å². The van der Waals surface area contributed by atoms with E-state index in [1.807, 2.05) is 78.9 Å². The van der Waals surface area contributed by atoms with Crippen molar-refractivity contribution in [3.8, 4) is 40.1 Å². The van der Waals surface area contributed by atoms with Gasteiger partial charge in [-0.15, -0.1) is 0 Å². The Kier molecular flexibility index (Phi) is 5.64. The van der Waals surface area contributed by atoms with Crippen molar-refractivity contribution >= 4 is 65.7 Å². The molecule has 0 fully saturated rings. The smallest absolute Gasteiger partial charge is 0.136 e. The fourth-order valence-electron chi connectivity index (χ4n) is 7.52. The van der Waals surface area contributed by atoms with E-state index in [2.05, 4.69) is 77.4 Å². The van der Waals surface area contributed by atoms with Gasteiger partial charge in [0, 0.05) is 37.9 Å². The van der Waals surface area contributed by atoms with Crippen LogP contribution >= 0.6 is 0 Å². The van der Waals surface area contributed by atoms with Crippen molar-refractivity contribution < 1.29 is 8.83 Å². The highest BCUT2D eigenvalue weighted by atomic mass is 16.3. The van der Waals surface area contributed by atoms with E-state index in [1.165, 1.54) is 0 Å². The minimum atomic E-state index is 0.595. The van der Waals surface area contributed by atoms with Crippen LogP contribution in [0.2, 0.25) is 0 Å². The van der Waals surface area contributed by atoms with E-state index in [1.54, 1.807) is 0 Å². The Balaban J connectivity index is 1.25. The zero-order valence-electron chi connectivity index (χ0n) is 25.9. The molecule has 0 atom stereocenters. The third kappa shape index (κ3) is 3.91. The minimum Gasteiger partial charge on any atom is -0.456 e. The molecule has 7 aromatic carbocycles. The van der Waals surface area contributed by atoms with Gasteiger partial charge in [-0.1, -0.05) is 72.8 Å². The zero-order valence-corrected chi connectivity index (χ0v) is 25.9. The van der Waals surface area contributed by atoms with Gasteiger partial charge in [0.2, 0.25) is 0 Å². The summed E-state index contributed by atoms with van der Waals surface area (Å²) in [5.74, 6) is 0. The summed E-state index contributed by atoms with van der Waals surface area (Å²) in [7, 11) is 0. The molecule has 0 aliphatic carbocycles. The number of para-hydroxylation sites is 3. The number of fused-ring (bicyclic) bond motifs is 10. The van der Waals surface area contributed by atoms with Crippen molar-refractivity contribution in [1.29, 1.82) is 10.5 Å². The highest BCUT2D eigenvalue weighted by molar-refractivity contribution is 6.26. The first-order chi connectivity index (χ1) is 24.2. The monoisotopic (exact) mass is 625 g/mol. The molecule has 5 nitrogen and oxygen atoms in total. The van der Waals surface area contributed by atoms with Gasteiger partial charge in [-0.25, -0.2) is 0 Å². The molecule has 5 heteroatoms. The molecule has 49 heavy (non-hydrogen) atoms. The quantitative estimate of drug-likeness (QED) is 0.196. The zero-order chi connectivity index (χ0) is 32.6. The Morgan fingerprint density at radius 1 is 0.449 bits per heavy atom. The van der Waals surface area contributed by atoms with Gasteiger partial charge in [-0.2, -0.15) is 10.5 Å². The third-order valence-corrected chi connectivity index (χ3v) is 9.66. The molecule has 10 aromatic rings. The van der Waals surface area contributed by atoms with Crippen LogP contribution in [-0.2, 0) is 0 Å². The molecular formula is C44H23N3O2. The molecule has 0 aliphatic rings. The molecule has 3 heterocycles. The first-order valence-corrected chi connectivity index (χ1v) is 16.0. The van der Waals surface area contributed by atoms with Crippen LogP contribution in [0.4, 0.5) is 0 Å². The lowest BCUT2D eigenvalue weighted by Gasteiger charge is -2.16. The summed E-state index contributed by atoms with van der Waals surface area (Å²) in [5.41, 5.74) is 11.1. The van der Waals surface area contributed by atoms with Crippen molar-refractivity contribution in [2.45, 2.75) is 0 Å². The van der Waals surface area contributed by atoms with E-state index >= 15 is 0 Å². The number of hydrogen-bond donors (Lipinski definition) is 0. The van der Waals surface area contributed by atoms with E-state index in [0.29, 0.717) is 11.1 Å². The highest BCUT2D eigenvalue weighted by Crippen LogP contribution is 2.43. The lowest BCUT2D eigenvalue weighted by molar-refractivity contribution is 0.663. The van der Waals surface area contributed by atoms with Crippen LogP contribution in [0, 0.1) is 22.7 Å². The SMILES string of the molecule is N#Cc1cccc(-c2ccc3oc4ccc5oc6ccc(-c7cccc(C#N)c7-n7c8ccccc8c8ccccc87)cc6c5c4c3c2)c1. The molecule has 3 aromatic heterocycles. The van der Waals surface area contributed by atoms with Crippen LogP contribution in [0.15, 0.2) is 148 Å². The molecule has 226 valence electrons. The largest absolute Gasteiger partial charge is 0.456 e. The van der Waals surface area contributed by atoms with Crippen molar-refractivity contribution in [2.75, 3.05) is 0 Å². The predicted molar refractivity (Wildman–Crippen MR) is 196 cm³/mol. The molecule has 0 saturated carbocycles. The first kappa shape index (κ1) is 27.1. The topological polar surface area (TPSA) is 78.8 Å². The fraction of sp³-hybridized carbons (Fsp3) is 0. The van der Waals surface area contributed by atoms with Crippen LogP contribution in [0.25, 0.3) is 93.6 Å². The maximum absolute atomic E-state index is 10.4. The predicted octanol–water partition coefficient (Wildman–Crippen LogP) is 11.7. The standard InChI is InChI=1S/C44H23N3O2/c45-24-26-7-5-8-27(21-26)28-15-17-38-34(22-28)42-40(48-38)19-20-41-43(42)35-23-29(16-18-39(35)49-41)31-12-6-9-30(25-46)44(31)47-36-13-3-1-10-32(36)33-11-2-4-14-37(33)47/h1-23H. The number of hydrogen-bond acceptors (Lipinski definition) is 4. The van der Waals surface area contributed by atoms with E-state index in [4.69, 9.17) is 8.83 Å². The molecule has 0 unspecified atom stereocenters. The van der Waals surface area contributed by atoms with Crippen LogP contribution in [-0.4, -0.2) is 4.57 Å². The van der Waals surface area contributed by atoms with Crippen LogP contribution in [0.1, 0.15) is 11.1 Å². The summed E-state index contributed by atoms with van der Waals surface area (Å²) in [5, 5.41) is 26.1. The van der Waals surface area contributed by atoms with Gasteiger partial charge in [0.05, 0.1) is 33.9 Å². The number of nitrogens with zero attached hydrogens (tertiary/aromatic N) is 3. The van der Waals surface area contributed by atoms with Gasteiger partial charge in [0.15, 0.2) is 0 Å². The molecule has 0 radical (unpaired) electrons. The number of benzene rings is 7. The molecule has 0 bridgehead atoms. The number of nitriles is 2. The Morgan fingerprint density at radius 3 is 1.67 bits per heavy atom. The minimum absolute atomic E-state index is 0.595. The Morgan fingerprint density at radius 2 is 1.02 bits per heavy atom. The summed E-state index contributed by atoms with van der Waals surface area (Å²) < 4.78 is 15.0. The summed E-state index contributed by atoms with van der Waals surface area (Å²) >= 11 is 0. The summed E-state index contributed by atoms with van der Waals surface area (Å²) in [6.45, 7) is 0. The highest BCUT2D eigenvalue weighted by Gasteiger charge is 2.21. The van der Waals surface area contributed by atoms with Crippen molar-refractivity contribution in [1.82, 2.24) is 4.57 Å². The van der Waals surface area contributed by atoms with Crippen molar-refractivity contribution in [3.63, 3.8) is 0 Å². The summed E-state index contributed by atoms with van der Waals surface area (Å²) in [6, 6.07) is 51.4. The number of aromatic nitrogens is 1. The van der Waals surface area contributed by atoms with Gasteiger partial charge in [0.1, 0.15) is 28.4 Å². The van der Waals surface area contributed by atoms with E-state index < -0.39 is 0 Å². The molecule has 0 aliphatic heterocycles. The molecule has 0 saturated heterocycles. The van der Waals surface area contributed by atoms with E-state index in [0.717, 1.165) is 93.6 Å². The second-order valence-electron chi connectivity index (χ2n) is 12.3. The van der Waals surface area contributed by atoms with Gasteiger partial charge >= 0.3 is 0 Å². The van der Waals surface area contributed by atoms with E-state index in [9.17, 15) is 10.5 Å². The molecule has 10 rings (SSSR count). The fourth-order valence-corrected chi connectivity index (χ4v) is 7.52. The second kappa shape index (κ2) is 10.2. The van der Waals surface area contributed by atoms with E-state index in [-0.39, 0.29) is 0 Å². The van der Waals surface area contributed by atoms with Gasteiger partial charge in [-0.3, -0.25) is 0 Å². The van der Waals surface area contributed by atoms with Gasteiger partial charge < -0.3 is 13.4 Å². The maximum atomic E-state index is 10.4. The summed E-state index contributed by atoms with van der Waals surface area (Å²) in [4.78, 5) is 0. The van der Waals surface area contributed by atoms with Gasteiger partial charge in [0.25, 0.3) is 0 Å². The molecular weight excluding hydrogens is 603 g/mol. The Hall–Kier alpha value is -7.08. The van der Waals surface area contributed by atoms with Crippen LogP contribution < -0.4 is 0 Å². The number of rotatable bonds is 3. The van der Waals surface area contributed by atoms with Crippen molar-refractivity contribution in [3.05, 3.63) is 151 Å². The maximum Gasteiger partial charge on any atom is 0.136 e.